The van der Waals surface area contributed by atoms with Crippen molar-refractivity contribution in [3.05, 3.63) is 47.3 Å². The molecular weight excluding hydrogens is 342 g/mol. The molecule has 2 heterocycles. The number of anilines is 2. The number of nitrogens with zero attached hydrogens (tertiary/aromatic N) is 3. The van der Waals surface area contributed by atoms with E-state index in [4.69, 9.17) is 0 Å². The summed E-state index contributed by atoms with van der Waals surface area (Å²) in [5.41, 5.74) is 9.00. The molecule has 3 rings (SSSR count). The van der Waals surface area contributed by atoms with Crippen molar-refractivity contribution in [2.24, 2.45) is 5.92 Å². The molecule has 1 atom stereocenters. The lowest BCUT2D eigenvalue weighted by atomic mass is 10.0. The van der Waals surface area contributed by atoms with Crippen LogP contribution >= 0.6 is 0 Å². The zero-order valence-electron chi connectivity index (χ0n) is 16.1. The van der Waals surface area contributed by atoms with Gasteiger partial charge in [-0.25, -0.2) is 9.97 Å². The molecule has 27 heavy (non-hydrogen) atoms. The molecule has 0 aliphatic carbocycles. The van der Waals surface area contributed by atoms with E-state index in [-0.39, 0.29) is 18.2 Å². The van der Waals surface area contributed by atoms with Crippen LogP contribution < -0.4 is 15.8 Å². The van der Waals surface area contributed by atoms with Crippen molar-refractivity contribution < 1.29 is 9.59 Å². The van der Waals surface area contributed by atoms with Gasteiger partial charge in [0, 0.05) is 30.0 Å². The molecule has 0 unspecified atom stereocenters. The highest BCUT2D eigenvalue weighted by Gasteiger charge is 2.35. The van der Waals surface area contributed by atoms with Crippen LogP contribution in [-0.4, -0.2) is 28.3 Å². The number of carbonyl (C=O) groups excluding carboxylic acids is 2. The number of benzene rings is 1. The third kappa shape index (κ3) is 4.42. The topological polar surface area (TPSA) is 87.2 Å². The summed E-state index contributed by atoms with van der Waals surface area (Å²) >= 11 is 0. The number of hydrogen-bond acceptors (Lipinski definition) is 5. The second-order valence-electron chi connectivity index (χ2n) is 7.24. The first-order chi connectivity index (χ1) is 12.8. The first-order valence-electron chi connectivity index (χ1n) is 9.12. The van der Waals surface area contributed by atoms with Crippen LogP contribution in [0.25, 0.3) is 0 Å². The Morgan fingerprint density at radius 1 is 1.19 bits per heavy atom. The van der Waals surface area contributed by atoms with Crippen LogP contribution in [0.3, 0.4) is 0 Å². The van der Waals surface area contributed by atoms with Gasteiger partial charge in [-0.3, -0.25) is 20.4 Å². The summed E-state index contributed by atoms with van der Waals surface area (Å²) in [5, 5.41) is 0. The zero-order valence-corrected chi connectivity index (χ0v) is 16.1. The van der Waals surface area contributed by atoms with Crippen LogP contribution in [0.2, 0.25) is 0 Å². The number of carbonyl (C=O) groups is 2. The lowest BCUT2D eigenvalue weighted by molar-refractivity contribution is -0.125. The summed E-state index contributed by atoms with van der Waals surface area (Å²) in [4.78, 5) is 35.0. The predicted octanol–water partition coefficient (Wildman–Crippen LogP) is 2.71. The minimum Gasteiger partial charge on any atom is -0.312 e. The van der Waals surface area contributed by atoms with Crippen LogP contribution in [0.15, 0.2) is 30.3 Å². The molecule has 1 fully saturated rings. The molecular formula is C20H25N5O2. The van der Waals surface area contributed by atoms with Crippen molar-refractivity contribution in [3.8, 4) is 0 Å². The highest BCUT2D eigenvalue weighted by atomic mass is 16.2. The Morgan fingerprint density at radius 2 is 1.89 bits per heavy atom. The van der Waals surface area contributed by atoms with E-state index in [1.54, 1.807) is 4.90 Å². The maximum Gasteiger partial charge on any atom is 0.243 e. The summed E-state index contributed by atoms with van der Waals surface area (Å²) in [6.07, 6.45) is 0.188. The quantitative estimate of drug-likeness (QED) is 0.794. The highest BCUT2D eigenvalue weighted by Crippen LogP contribution is 2.27. The van der Waals surface area contributed by atoms with Crippen molar-refractivity contribution in [2.45, 2.75) is 40.0 Å². The molecule has 0 bridgehead atoms. The van der Waals surface area contributed by atoms with Crippen molar-refractivity contribution in [3.63, 3.8) is 0 Å². The molecule has 7 nitrogen and oxygen atoms in total. The SMILES string of the molecule is Cc1cc(C)nc(NNC(=O)[C@@H]2CC(=O)N(c3cccc(C(C)C)c3)C2)n1. The number of aromatic nitrogens is 2. The first kappa shape index (κ1) is 18.8. The normalized spacial score (nSPS) is 16.7. The summed E-state index contributed by atoms with van der Waals surface area (Å²) in [7, 11) is 0. The van der Waals surface area contributed by atoms with Crippen LogP contribution in [0, 0.1) is 19.8 Å². The molecule has 0 spiro atoms. The molecule has 2 amide bonds. The van der Waals surface area contributed by atoms with Crippen LogP contribution in [-0.2, 0) is 9.59 Å². The second-order valence-corrected chi connectivity index (χ2v) is 7.24. The molecule has 2 N–H and O–H groups in total. The Morgan fingerprint density at radius 3 is 2.56 bits per heavy atom. The smallest absolute Gasteiger partial charge is 0.243 e. The molecule has 2 aromatic rings. The van der Waals surface area contributed by atoms with E-state index < -0.39 is 5.92 Å². The van der Waals surface area contributed by atoms with Crippen molar-refractivity contribution >= 4 is 23.5 Å². The van der Waals surface area contributed by atoms with Gasteiger partial charge < -0.3 is 4.90 Å². The molecule has 1 aromatic heterocycles. The van der Waals surface area contributed by atoms with Gasteiger partial charge in [-0.1, -0.05) is 26.0 Å². The maximum absolute atomic E-state index is 12.5. The van der Waals surface area contributed by atoms with Gasteiger partial charge in [0.15, 0.2) is 0 Å². The van der Waals surface area contributed by atoms with Gasteiger partial charge in [-0.15, -0.1) is 0 Å². The molecule has 1 aliphatic rings. The zero-order chi connectivity index (χ0) is 19.6. The van der Waals surface area contributed by atoms with Crippen molar-refractivity contribution in [2.75, 3.05) is 16.9 Å². The number of hydrogen-bond donors (Lipinski definition) is 2. The monoisotopic (exact) mass is 367 g/mol. The van der Waals surface area contributed by atoms with Gasteiger partial charge >= 0.3 is 0 Å². The van der Waals surface area contributed by atoms with Crippen LogP contribution in [0.4, 0.5) is 11.6 Å². The molecule has 7 heteroatoms. The van der Waals surface area contributed by atoms with E-state index in [0.717, 1.165) is 17.1 Å². The number of amides is 2. The molecule has 0 radical (unpaired) electrons. The minimum absolute atomic E-state index is 0.0429. The number of rotatable bonds is 5. The lowest BCUT2D eigenvalue weighted by Gasteiger charge is -2.18. The number of nitrogens with one attached hydrogen (secondary N) is 2. The predicted molar refractivity (Wildman–Crippen MR) is 104 cm³/mol. The van der Waals surface area contributed by atoms with Gasteiger partial charge in [-0.2, -0.15) is 0 Å². The Balaban J connectivity index is 1.64. The lowest BCUT2D eigenvalue weighted by Crippen LogP contribution is -2.37. The van der Waals surface area contributed by atoms with E-state index in [2.05, 4.69) is 34.7 Å². The van der Waals surface area contributed by atoms with E-state index in [0.29, 0.717) is 18.4 Å². The fourth-order valence-electron chi connectivity index (χ4n) is 3.19. The Hall–Kier alpha value is -2.96. The van der Waals surface area contributed by atoms with Crippen LogP contribution in [0.1, 0.15) is 43.1 Å². The number of aryl methyl sites for hydroxylation is 2. The van der Waals surface area contributed by atoms with E-state index in [1.165, 1.54) is 5.56 Å². The molecule has 1 saturated heterocycles. The average molecular weight is 367 g/mol. The van der Waals surface area contributed by atoms with Crippen molar-refractivity contribution in [1.82, 2.24) is 15.4 Å². The Bertz CT molecular complexity index is 845. The summed E-state index contributed by atoms with van der Waals surface area (Å²) in [6, 6.07) is 9.78. The molecule has 142 valence electrons. The highest BCUT2D eigenvalue weighted by molar-refractivity contribution is 6.00. The van der Waals surface area contributed by atoms with Gasteiger partial charge in [0.1, 0.15) is 0 Å². The molecule has 1 aliphatic heterocycles. The fourth-order valence-corrected chi connectivity index (χ4v) is 3.19. The second kappa shape index (κ2) is 7.73. The Labute approximate surface area is 159 Å². The van der Waals surface area contributed by atoms with Crippen LogP contribution in [0.5, 0.6) is 0 Å². The fraction of sp³-hybridized carbons (Fsp3) is 0.400. The van der Waals surface area contributed by atoms with Crippen molar-refractivity contribution in [1.29, 1.82) is 0 Å². The Kier molecular flexibility index (Phi) is 5.39. The first-order valence-corrected chi connectivity index (χ1v) is 9.12. The standard InChI is InChI=1S/C20H25N5O2/c1-12(2)15-6-5-7-17(9-15)25-11-16(10-18(25)26)19(27)23-24-20-21-13(3)8-14(4)22-20/h5-9,12,16H,10-11H2,1-4H3,(H,23,27)(H,21,22,24)/t16-/m1/s1. The van der Waals surface area contributed by atoms with Gasteiger partial charge in [0.25, 0.3) is 0 Å². The molecule has 1 aromatic carbocycles. The molecule has 0 saturated carbocycles. The largest absolute Gasteiger partial charge is 0.312 e. The summed E-state index contributed by atoms with van der Waals surface area (Å²) in [6.45, 7) is 8.31. The third-order valence-electron chi connectivity index (χ3n) is 4.62. The summed E-state index contributed by atoms with van der Waals surface area (Å²) in [5.74, 6) is 0.0151. The number of hydrazine groups is 1. The minimum atomic E-state index is -0.418. The van der Waals surface area contributed by atoms with E-state index in [9.17, 15) is 9.59 Å². The van der Waals surface area contributed by atoms with E-state index >= 15 is 0 Å². The van der Waals surface area contributed by atoms with Gasteiger partial charge in [0.2, 0.25) is 17.8 Å². The average Bonchev–Trinajstić information content (AvgIpc) is 3.01. The maximum atomic E-state index is 12.5. The van der Waals surface area contributed by atoms with Gasteiger partial charge in [-0.05, 0) is 43.5 Å². The van der Waals surface area contributed by atoms with Gasteiger partial charge in [0.05, 0.1) is 5.92 Å². The third-order valence-corrected chi connectivity index (χ3v) is 4.62. The van der Waals surface area contributed by atoms with E-state index in [1.807, 2.05) is 44.2 Å². The summed E-state index contributed by atoms with van der Waals surface area (Å²) < 4.78 is 0.